The lowest BCUT2D eigenvalue weighted by Gasteiger charge is -2.29. The Morgan fingerprint density at radius 3 is 2.94 bits per heavy atom. The first-order valence-corrected chi connectivity index (χ1v) is 5.85. The van der Waals surface area contributed by atoms with Gasteiger partial charge in [0.2, 0.25) is 5.91 Å². The van der Waals surface area contributed by atoms with Crippen LogP contribution in [0.4, 0.5) is 5.82 Å². The number of aromatic amines is 1. The highest BCUT2D eigenvalue weighted by Crippen LogP contribution is 2.03. The molecule has 7 nitrogen and oxygen atoms in total. The van der Waals surface area contributed by atoms with Crippen LogP contribution in [0.15, 0.2) is 17.2 Å². The van der Waals surface area contributed by atoms with E-state index >= 15 is 0 Å². The van der Waals surface area contributed by atoms with Gasteiger partial charge in [0.1, 0.15) is 6.04 Å². The summed E-state index contributed by atoms with van der Waals surface area (Å²) < 4.78 is 5.19. The van der Waals surface area contributed by atoms with Gasteiger partial charge < -0.3 is 19.9 Å². The van der Waals surface area contributed by atoms with Crippen molar-refractivity contribution in [1.82, 2.24) is 14.9 Å². The Balaban J connectivity index is 1.99. The summed E-state index contributed by atoms with van der Waals surface area (Å²) in [7, 11) is 0. The number of H-pyrrole nitrogens is 1. The van der Waals surface area contributed by atoms with Crippen molar-refractivity contribution in [3.63, 3.8) is 0 Å². The maximum Gasteiger partial charge on any atom is 0.290 e. The lowest BCUT2D eigenvalue weighted by atomic mass is 10.2. The molecular formula is C11H16N4O3. The van der Waals surface area contributed by atoms with Crippen LogP contribution in [-0.2, 0) is 9.53 Å². The summed E-state index contributed by atoms with van der Waals surface area (Å²) in [5.74, 6) is 0.106. The van der Waals surface area contributed by atoms with Crippen LogP contribution in [0.1, 0.15) is 6.92 Å². The van der Waals surface area contributed by atoms with E-state index in [1.54, 1.807) is 11.8 Å². The van der Waals surface area contributed by atoms with E-state index in [1.807, 2.05) is 0 Å². The zero-order valence-electron chi connectivity index (χ0n) is 10.2. The minimum absolute atomic E-state index is 0.0525. The van der Waals surface area contributed by atoms with Gasteiger partial charge in [-0.05, 0) is 6.92 Å². The fraction of sp³-hybridized carbons (Fsp3) is 0.545. The van der Waals surface area contributed by atoms with Gasteiger partial charge in [-0.25, -0.2) is 4.98 Å². The number of anilines is 1. The minimum Gasteiger partial charge on any atom is -0.378 e. The smallest absolute Gasteiger partial charge is 0.290 e. The number of ether oxygens (including phenoxy) is 1. The molecule has 7 heteroatoms. The zero-order chi connectivity index (χ0) is 13.0. The van der Waals surface area contributed by atoms with E-state index < -0.39 is 6.04 Å². The van der Waals surface area contributed by atoms with Gasteiger partial charge in [0.05, 0.1) is 13.2 Å². The van der Waals surface area contributed by atoms with Crippen molar-refractivity contribution >= 4 is 11.7 Å². The molecule has 2 rings (SSSR count). The van der Waals surface area contributed by atoms with E-state index in [0.717, 1.165) is 0 Å². The normalized spacial score (nSPS) is 17.3. The summed E-state index contributed by atoms with van der Waals surface area (Å²) in [5.41, 5.74) is -0.334. The van der Waals surface area contributed by atoms with Crippen molar-refractivity contribution in [1.29, 1.82) is 0 Å². The molecule has 1 aromatic heterocycles. The highest BCUT2D eigenvalue weighted by molar-refractivity contribution is 5.84. The predicted molar refractivity (Wildman–Crippen MR) is 65.3 cm³/mol. The van der Waals surface area contributed by atoms with E-state index in [2.05, 4.69) is 15.3 Å². The van der Waals surface area contributed by atoms with Gasteiger partial charge in [-0.15, -0.1) is 0 Å². The van der Waals surface area contributed by atoms with Crippen LogP contribution in [0.2, 0.25) is 0 Å². The molecule has 0 spiro atoms. The van der Waals surface area contributed by atoms with Crippen molar-refractivity contribution in [2.24, 2.45) is 0 Å². The van der Waals surface area contributed by atoms with Crippen LogP contribution in [0, 0.1) is 0 Å². The standard InChI is InChI=1S/C11H16N4O3/c1-8(11(17)15-4-6-18-7-5-15)14-9-10(16)13-3-2-12-9/h2-3,8H,4-7H2,1H3,(H,12,14)(H,13,16). The molecule has 1 unspecified atom stereocenters. The minimum atomic E-state index is -0.487. The summed E-state index contributed by atoms with van der Waals surface area (Å²) in [6, 6.07) is -0.487. The first-order valence-electron chi connectivity index (χ1n) is 5.85. The number of nitrogens with one attached hydrogen (secondary N) is 2. The Labute approximate surface area is 104 Å². The lowest BCUT2D eigenvalue weighted by Crippen LogP contribution is -2.47. The highest BCUT2D eigenvalue weighted by Gasteiger charge is 2.22. The zero-order valence-corrected chi connectivity index (χ0v) is 10.2. The maximum atomic E-state index is 12.1. The number of hydrogen-bond acceptors (Lipinski definition) is 5. The fourth-order valence-electron chi connectivity index (χ4n) is 1.78. The van der Waals surface area contributed by atoms with Gasteiger partial charge >= 0.3 is 0 Å². The van der Waals surface area contributed by atoms with Crippen LogP contribution in [0.25, 0.3) is 0 Å². The van der Waals surface area contributed by atoms with Crippen LogP contribution < -0.4 is 10.9 Å². The lowest BCUT2D eigenvalue weighted by molar-refractivity contribution is -0.135. The quantitative estimate of drug-likeness (QED) is 0.752. The van der Waals surface area contributed by atoms with E-state index in [4.69, 9.17) is 4.74 Å². The molecule has 0 aliphatic carbocycles. The third kappa shape index (κ3) is 2.86. The Hall–Kier alpha value is -1.89. The van der Waals surface area contributed by atoms with Crippen LogP contribution in [0.5, 0.6) is 0 Å². The number of morpholine rings is 1. The summed E-state index contributed by atoms with van der Waals surface area (Å²) >= 11 is 0. The van der Waals surface area contributed by atoms with Crippen LogP contribution in [0.3, 0.4) is 0 Å². The van der Waals surface area contributed by atoms with Gasteiger partial charge in [-0.2, -0.15) is 0 Å². The van der Waals surface area contributed by atoms with Crippen molar-refractivity contribution in [3.05, 3.63) is 22.7 Å². The van der Waals surface area contributed by atoms with Gasteiger partial charge in [0.15, 0.2) is 5.82 Å². The fourth-order valence-corrected chi connectivity index (χ4v) is 1.78. The third-order valence-electron chi connectivity index (χ3n) is 2.75. The van der Waals surface area contributed by atoms with Crippen LogP contribution >= 0.6 is 0 Å². The molecule has 1 aliphatic rings. The molecule has 98 valence electrons. The summed E-state index contributed by atoms with van der Waals surface area (Å²) in [4.78, 5) is 31.6. The first kappa shape index (κ1) is 12.6. The number of nitrogens with zero attached hydrogens (tertiary/aromatic N) is 2. The Bertz CT molecular complexity index is 467. The molecule has 1 saturated heterocycles. The SMILES string of the molecule is CC(Nc1ncc[nH]c1=O)C(=O)N1CCOCC1. The number of aromatic nitrogens is 2. The molecule has 0 bridgehead atoms. The summed E-state index contributed by atoms with van der Waals surface area (Å²) in [6.07, 6.45) is 2.91. The average Bonchev–Trinajstić information content (AvgIpc) is 2.41. The van der Waals surface area contributed by atoms with Crippen molar-refractivity contribution in [2.45, 2.75) is 13.0 Å². The molecule has 1 atom stereocenters. The maximum absolute atomic E-state index is 12.1. The molecule has 1 aliphatic heterocycles. The van der Waals surface area contributed by atoms with E-state index in [1.165, 1.54) is 12.4 Å². The number of carbonyl (C=O) groups excluding carboxylic acids is 1. The molecule has 1 aromatic rings. The Morgan fingerprint density at radius 2 is 2.28 bits per heavy atom. The topological polar surface area (TPSA) is 87.3 Å². The number of carbonyl (C=O) groups is 1. The molecule has 1 amide bonds. The van der Waals surface area contributed by atoms with E-state index in [9.17, 15) is 9.59 Å². The summed E-state index contributed by atoms with van der Waals surface area (Å²) in [5, 5.41) is 2.82. The van der Waals surface area contributed by atoms with Gasteiger partial charge in [-0.3, -0.25) is 9.59 Å². The molecule has 2 heterocycles. The van der Waals surface area contributed by atoms with Gasteiger partial charge in [0, 0.05) is 25.5 Å². The number of amides is 1. The van der Waals surface area contributed by atoms with Gasteiger partial charge in [0.25, 0.3) is 5.56 Å². The summed E-state index contributed by atoms with van der Waals surface area (Å²) in [6.45, 7) is 4.00. The second-order valence-corrected chi connectivity index (χ2v) is 4.07. The van der Waals surface area contributed by atoms with Crippen molar-refractivity contribution in [2.75, 3.05) is 31.6 Å². The second kappa shape index (κ2) is 5.63. The Kier molecular flexibility index (Phi) is 3.93. The highest BCUT2D eigenvalue weighted by atomic mass is 16.5. The van der Waals surface area contributed by atoms with E-state index in [-0.39, 0.29) is 17.3 Å². The predicted octanol–water partition coefficient (Wildman–Crippen LogP) is -0.571. The first-order chi connectivity index (χ1) is 8.68. The van der Waals surface area contributed by atoms with Crippen molar-refractivity contribution < 1.29 is 9.53 Å². The largest absolute Gasteiger partial charge is 0.378 e. The molecular weight excluding hydrogens is 236 g/mol. The van der Waals surface area contributed by atoms with Gasteiger partial charge in [-0.1, -0.05) is 0 Å². The molecule has 2 N–H and O–H groups in total. The van der Waals surface area contributed by atoms with E-state index in [0.29, 0.717) is 26.3 Å². The molecule has 1 fully saturated rings. The Morgan fingerprint density at radius 1 is 1.56 bits per heavy atom. The van der Waals surface area contributed by atoms with Crippen molar-refractivity contribution in [3.8, 4) is 0 Å². The number of hydrogen-bond donors (Lipinski definition) is 2. The monoisotopic (exact) mass is 252 g/mol. The second-order valence-electron chi connectivity index (χ2n) is 4.07. The van der Waals surface area contributed by atoms with Crippen LogP contribution in [-0.4, -0.2) is 53.1 Å². The third-order valence-corrected chi connectivity index (χ3v) is 2.75. The molecule has 18 heavy (non-hydrogen) atoms. The molecule has 0 saturated carbocycles. The number of rotatable bonds is 3. The molecule has 0 aromatic carbocycles. The average molecular weight is 252 g/mol. The molecule has 0 radical (unpaired) electrons.